The number of aromatic nitrogens is 2. The number of hydrogen-bond acceptors (Lipinski definition) is 3. The van der Waals surface area contributed by atoms with Crippen LogP contribution in [0.15, 0.2) is 60.7 Å². The molecule has 0 aliphatic rings. The third kappa shape index (κ3) is 2.16. The summed E-state index contributed by atoms with van der Waals surface area (Å²) in [5, 5.41) is 0. The summed E-state index contributed by atoms with van der Waals surface area (Å²) in [6.07, 6.45) is 0. The Labute approximate surface area is 134 Å². The molecule has 3 aromatic carbocycles. The molecule has 4 heteroatoms. The van der Waals surface area contributed by atoms with Crippen molar-refractivity contribution >= 4 is 33.4 Å². The van der Waals surface area contributed by atoms with Crippen LogP contribution >= 0.6 is 0 Å². The van der Waals surface area contributed by atoms with Crippen LogP contribution in [0.25, 0.3) is 27.8 Å². The zero-order valence-electron chi connectivity index (χ0n) is 12.8. The maximum atomic E-state index is 6.02. The Morgan fingerprint density at radius 1 is 0.783 bits per heavy atom. The van der Waals surface area contributed by atoms with Gasteiger partial charge in [-0.1, -0.05) is 18.2 Å². The normalized spacial score (nSPS) is 11.2. The summed E-state index contributed by atoms with van der Waals surface area (Å²) in [6, 6.07) is 19.8. The lowest BCUT2D eigenvalue weighted by molar-refractivity contribution is -0.538. The Bertz CT molecular complexity index is 994. The van der Waals surface area contributed by atoms with E-state index in [-0.39, 0.29) is 0 Å². The van der Waals surface area contributed by atoms with E-state index in [0.29, 0.717) is 11.4 Å². The van der Waals surface area contributed by atoms with Crippen molar-refractivity contribution < 1.29 is 4.57 Å². The van der Waals surface area contributed by atoms with E-state index in [1.807, 2.05) is 48.5 Å². The van der Waals surface area contributed by atoms with E-state index in [1.165, 1.54) is 5.56 Å². The Morgan fingerprint density at radius 3 is 1.91 bits per heavy atom. The van der Waals surface area contributed by atoms with Crippen LogP contribution in [0.2, 0.25) is 0 Å². The van der Waals surface area contributed by atoms with Gasteiger partial charge in [-0.15, -0.1) is 4.57 Å². The first kappa shape index (κ1) is 13.5. The molecule has 0 atom stereocenters. The minimum Gasteiger partial charge on any atom is -0.399 e. The highest BCUT2D eigenvalue weighted by Gasteiger charge is 2.21. The second kappa shape index (κ2) is 4.95. The molecule has 1 heterocycles. The molecule has 0 amide bonds. The summed E-state index contributed by atoms with van der Waals surface area (Å²) in [5.74, 6) is 0. The lowest BCUT2D eigenvalue weighted by Gasteiger charge is -2.08. The molecule has 0 unspecified atom stereocenters. The van der Waals surface area contributed by atoms with Gasteiger partial charge in [-0.2, -0.15) is 0 Å². The molecule has 4 N–H and O–H groups in total. The van der Waals surface area contributed by atoms with Gasteiger partial charge in [-0.25, -0.2) is 4.98 Å². The van der Waals surface area contributed by atoms with E-state index < -0.39 is 0 Å². The molecule has 112 valence electrons. The first-order valence-corrected chi connectivity index (χ1v) is 7.50. The monoisotopic (exact) mass is 301 g/mol. The van der Waals surface area contributed by atoms with Gasteiger partial charge >= 0.3 is 0 Å². The van der Waals surface area contributed by atoms with Gasteiger partial charge in [0, 0.05) is 35.1 Å². The number of nitrogen functional groups attached to an aromatic ring is 2. The fourth-order valence-corrected chi connectivity index (χ4v) is 2.96. The molecule has 1 aromatic heterocycles. The lowest BCUT2D eigenvalue weighted by Crippen LogP contribution is -2.34. The molecule has 0 radical (unpaired) electrons. The number of nitrogens with zero attached hydrogens (tertiary/aromatic N) is 2. The highest BCUT2D eigenvalue weighted by molar-refractivity contribution is 5.85. The van der Waals surface area contributed by atoms with Gasteiger partial charge < -0.3 is 11.5 Å². The van der Waals surface area contributed by atoms with E-state index in [0.717, 1.165) is 27.8 Å². The van der Waals surface area contributed by atoms with Gasteiger partial charge in [0.25, 0.3) is 0 Å². The number of fused-ring (bicyclic) bond motifs is 2. The van der Waals surface area contributed by atoms with Gasteiger partial charge in [0.1, 0.15) is 11.0 Å². The van der Waals surface area contributed by atoms with Crippen molar-refractivity contribution in [2.75, 3.05) is 11.5 Å². The predicted molar refractivity (Wildman–Crippen MR) is 94.3 cm³/mol. The van der Waals surface area contributed by atoms with Crippen molar-refractivity contribution in [3.8, 4) is 5.69 Å². The highest BCUT2D eigenvalue weighted by atomic mass is 15.0. The summed E-state index contributed by atoms with van der Waals surface area (Å²) in [6.45, 7) is 2.10. The molecule has 0 aliphatic heterocycles. The average Bonchev–Trinajstić information content (AvgIpc) is 2.54. The number of para-hydroxylation sites is 1. The second-order valence-corrected chi connectivity index (χ2v) is 5.73. The van der Waals surface area contributed by atoms with Crippen molar-refractivity contribution in [1.29, 1.82) is 0 Å². The molecule has 0 saturated carbocycles. The van der Waals surface area contributed by atoms with Crippen molar-refractivity contribution in [3.05, 3.63) is 66.2 Å². The molecule has 0 aliphatic carbocycles. The molecule has 0 spiro atoms. The zero-order chi connectivity index (χ0) is 16.0. The number of hydrogen-bond donors (Lipinski definition) is 2. The van der Waals surface area contributed by atoms with Crippen molar-refractivity contribution in [2.45, 2.75) is 6.92 Å². The molecule has 0 bridgehead atoms. The van der Waals surface area contributed by atoms with E-state index in [1.54, 1.807) is 0 Å². The van der Waals surface area contributed by atoms with Gasteiger partial charge in [0.15, 0.2) is 0 Å². The predicted octanol–water partition coefficient (Wildman–Crippen LogP) is 3.14. The number of rotatable bonds is 1. The van der Waals surface area contributed by atoms with Gasteiger partial charge in [0.05, 0.1) is 0 Å². The van der Waals surface area contributed by atoms with E-state index in [2.05, 4.69) is 23.6 Å². The Morgan fingerprint density at radius 2 is 1.35 bits per heavy atom. The van der Waals surface area contributed by atoms with Crippen LogP contribution in [-0.2, 0) is 0 Å². The Kier molecular flexibility index (Phi) is 2.91. The fourth-order valence-electron chi connectivity index (χ4n) is 2.96. The summed E-state index contributed by atoms with van der Waals surface area (Å²) in [7, 11) is 0. The van der Waals surface area contributed by atoms with Gasteiger partial charge in [-0.05, 0) is 31.2 Å². The average molecular weight is 301 g/mol. The standard InChI is InChI=1S/C19H16N4/c1-12-4-2-3-5-17(12)23-18-10-13(20)6-8-15(18)22-16-9-7-14(21)11-19(16)23/h2-11H,1H3,(H3,20,21)/p+1. The summed E-state index contributed by atoms with van der Waals surface area (Å²) in [5.41, 5.74) is 19.5. The van der Waals surface area contributed by atoms with E-state index in [4.69, 9.17) is 16.5 Å². The van der Waals surface area contributed by atoms with E-state index in [9.17, 15) is 0 Å². The number of benzene rings is 3. The van der Waals surface area contributed by atoms with Crippen LogP contribution in [0.4, 0.5) is 11.4 Å². The molecule has 0 fully saturated rings. The quantitative estimate of drug-likeness (QED) is 0.322. The number of anilines is 2. The molecule has 4 nitrogen and oxygen atoms in total. The zero-order valence-corrected chi connectivity index (χ0v) is 12.8. The molecular weight excluding hydrogens is 284 g/mol. The summed E-state index contributed by atoms with van der Waals surface area (Å²) >= 11 is 0. The lowest BCUT2D eigenvalue weighted by atomic mass is 10.1. The largest absolute Gasteiger partial charge is 0.399 e. The van der Waals surface area contributed by atoms with E-state index >= 15 is 0 Å². The molecule has 4 aromatic rings. The third-order valence-electron chi connectivity index (χ3n) is 4.08. The minimum absolute atomic E-state index is 0.713. The Hall–Kier alpha value is -3.14. The maximum absolute atomic E-state index is 6.02. The summed E-state index contributed by atoms with van der Waals surface area (Å²) in [4.78, 5) is 4.74. The number of nitrogens with two attached hydrogens (primary N) is 2. The molecule has 4 rings (SSSR count). The smallest absolute Gasteiger partial charge is 0.239 e. The molecule has 23 heavy (non-hydrogen) atoms. The minimum atomic E-state index is 0.713. The Balaban J connectivity index is 2.26. The first-order valence-electron chi connectivity index (χ1n) is 7.50. The third-order valence-corrected chi connectivity index (χ3v) is 4.08. The van der Waals surface area contributed by atoms with Crippen LogP contribution in [-0.4, -0.2) is 4.98 Å². The molecular formula is C19H17N4+. The van der Waals surface area contributed by atoms with Crippen molar-refractivity contribution in [2.24, 2.45) is 0 Å². The second-order valence-electron chi connectivity index (χ2n) is 5.73. The van der Waals surface area contributed by atoms with Crippen LogP contribution < -0.4 is 16.0 Å². The fraction of sp³-hybridized carbons (Fsp3) is 0.0526. The van der Waals surface area contributed by atoms with Gasteiger partial charge in [0.2, 0.25) is 16.7 Å². The topological polar surface area (TPSA) is 68.8 Å². The maximum Gasteiger partial charge on any atom is 0.239 e. The van der Waals surface area contributed by atoms with Crippen LogP contribution in [0.1, 0.15) is 5.56 Å². The highest BCUT2D eigenvalue weighted by Crippen LogP contribution is 2.22. The summed E-state index contributed by atoms with van der Waals surface area (Å²) < 4.78 is 2.18. The first-order chi connectivity index (χ1) is 11.1. The van der Waals surface area contributed by atoms with Crippen LogP contribution in [0, 0.1) is 6.92 Å². The number of aryl methyl sites for hydroxylation is 1. The molecule has 0 saturated heterocycles. The van der Waals surface area contributed by atoms with Crippen molar-refractivity contribution in [3.63, 3.8) is 0 Å². The van der Waals surface area contributed by atoms with Crippen LogP contribution in [0.3, 0.4) is 0 Å². The van der Waals surface area contributed by atoms with Gasteiger partial charge in [-0.3, -0.25) is 0 Å². The van der Waals surface area contributed by atoms with Crippen LogP contribution in [0.5, 0.6) is 0 Å². The van der Waals surface area contributed by atoms with Crippen molar-refractivity contribution in [1.82, 2.24) is 4.98 Å². The SMILES string of the molecule is Cc1ccccc1-[n+]1c2cc(N)ccc2nc2ccc(N)cc21.